The molecule has 0 bridgehead atoms. The molecule has 3 rings (SSSR count). The molecule has 1 aromatic carbocycles. The van der Waals surface area contributed by atoms with E-state index in [-0.39, 0.29) is 11.3 Å². The number of anilines is 1. The highest BCUT2D eigenvalue weighted by atomic mass is 32.1. The summed E-state index contributed by atoms with van der Waals surface area (Å²) in [6.45, 7) is 6.34. The Labute approximate surface area is 154 Å². The molecule has 7 nitrogen and oxygen atoms in total. The summed E-state index contributed by atoms with van der Waals surface area (Å²) in [5.74, 6) is -0.583. The first-order valence-corrected chi connectivity index (χ1v) is 9.22. The number of carbonyl (C=O) groups is 1. The van der Waals surface area contributed by atoms with Crippen LogP contribution >= 0.6 is 11.3 Å². The van der Waals surface area contributed by atoms with Crippen molar-refractivity contribution in [3.63, 3.8) is 0 Å². The maximum absolute atomic E-state index is 12.7. The maximum Gasteiger partial charge on any atom is 0.267 e. The highest BCUT2D eigenvalue weighted by molar-refractivity contribution is 7.15. The van der Waals surface area contributed by atoms with Gasteiger partial charge < -0.3 is 9.67 Å². The molecule has 26 heavy (non-hydrogen) atoms. The number of fused-ring (bicyclic) bond motifs is 1. The topological polar surface area (TPSA) is 97.1 Å². The summed E-state index contributed by atoms with van der Waals surface area (Å²) in [7, 11) is 0. The number of nitrogens with zero attached hydrogens (tertiary/aromatic N) is 3. The molecule has 3 aromatic rings. The van der Waals surface area contributed by atoms with Crippen LogP contribution in [0.2, 0.25) is 0 Å². The molecule has 136 valence electrons. The number of nitrogens with one attached hydrogen (secondary N) is 1. The molecule has 0 aliphatic carbocycles. The monoisotopic (exact) mass is 372 g/mol. The second-order valence-corrected chi connectivity index (χ2v) is 7.41. The number of hydrogen-bond acceptors (Lipinski definition) is 6. The Kier molecular flexibility index (Phi) is 5.03. The second kappa shape index (κ2) is 7.25. The molecule has 0 saturated heterocycles. The van der Waals surface area contributed by atoms with Crippen molar-refractivity contribution < 1.29 is 9.90 Å². The third kappa shape index (κ3) is 3.32. The van der Waals surface area contributed by atoms with Gasteiger partial charge in [-0.15, -0.1) is 10.2 Å². The van der Waals surface area contributed by atoms with E-state index in [1.165, 1.54) is 15.9 Å². The summed E-state index contributed by atoms with van der Waals surface area (Å²) in [6.07, 6.45) is 0.761. The number of pyridine rings is 1. The predicted molar refractivity (Wildman–Crippen MR) is 102 cm³/mol. The predicted octanol–water partition coefficient (Wildman–Crippen LogP) is 3.03. The van der Waals surface area contributed by atoms with Crippen LogP contribution in [-0.4, -0.2) is 25.8 Å². The standard InChI is InChI=1S/C18H20N4O3S/c1-4-22-12-8-6-5-7-11(12)15(23)14(17(22)25)16(24)19-18-21-20-13(26-18)9-10(2)3/h5-8,10,23H,4,9H2,1-3H3,(H,19,21,24). The van der Waals surface area contributed by atoms with Crippen molar-refractivity contribution in [2.45, 2.75) is 33.7 Å². The lowest BCUT2D eigenvalue weighted by molar-refractivity contribution is 0.102. The zero-order valence-electron chi connectivity index (χ0n) is 14.8. The summed E-state index contributed by atoms with van der Waals surface area (Å²) in [5, 5.41) is 22.7. The summed E-state index contributed by atoms with van der Waals surface area (Å²) >= 11 is 1.26. The molecule has 2 heterocycles. The molecule has 0 radical (unpaired) electrons. The second-order valence-electron chi connectivity index (χ2n) is 6.34. The van der Waals surface area contributed by atoms with Gasteiger partial charge in [-0.3, -0.25) is 14.9 Å². The number of aryl methyl sites for hydroxylation is 1. The number of benzene rings is 1. The first kappa shape index (κ1) is 18.1. The van der Waals surface area contributed by atoms with E-state index in [0.717, 1.165) is 11.4 Å². The minimum absolute atomic E-state index is 0.286. The molecule has 8 heteroatoms. The number of para-hydroxylation sites is 1. The van der Waals surface area contributed by atoms with E-state index in [4.69, 9.17) is 0 Å². The highest BCUT2D eigenvalue weighted by Gasteiger charge is 2.22. The van der Waals surface area contributed by atoms with Crippen LogP contribution in [0.5, 0.6) is 5.75 Å². The fourth-order valence-electron chi connectivity index (χ4n) is 2.80. The van der Waals surface area contributed by atoms with Crippen LogP contribution < -0.4 is 10.9 Å². The molecule has 0 fully saturated rings. The van der Waals surface area contributed by atoms with E-state index in [1.54, 1.807) is 24.3 Å². The molecule has 0 spiro atoms. The van der Waals surface area contributed by atoms with Crippen LogP contribution in [0.4, 0.5) is 5.13 Å². The van der Waals surface area contributed by atoms with Crippen molar-refractivity contribution in [1.29, 1.82) is 0 Å². The molecular weight excluding hydrogens is 352 g/mol. The van der Waals surface area contributed by atoms with Crippen molar-refractivity contribution >= 4 is 33.3 Å². The van der Waals surface area contributed by atoms with Crippen molar-refractivity contribution in [1.82, 2.24) is 14.8 Å². The molecule has 0 aliphatic rings. The molecule has 2 aromatic heterocycles. The van der Waals surface area contributed by atoms with Gasteiger partial charge in [-0.1, -0.05) is 37.3 Å². The van der Waals surface area contributed by atoms with E-state index in [1.807, 2.05) is 6.92 Å². The van der Waals surface area contributed by atoms with Gasteiger partial charge in [-0.2, -0.15) is 0 Å². The van der Waals surface area contributed by atoms with Gasteiger partial charge in [0.2, 0.25) is 5.13 Å². The quantitative estimate of drug-likeness (QED) is 0.717. The molecule has 0 atom stereocenters. The largest absolute Gasteiger partial charge is 0.506 e. The van der Waals surface area contributed by atoms with Gasteiger partial charge in [0.25, 0.3) is 11.5 Å². The van der Waals surface area contributed by atoms with Gasteiger partial charge in [-0.25, -0.2) is 0 Å². The zero-order valence-corrected chi connectivity index (χ0v) is 15.6. The van der Waals surface area contributed by atoms with E-state index < -0.39 is 11.5 Å². The van der Waals surface area contributed by atoms with Crippen LogP contribution in [-0.2, 0) is 13.0 Å². The SMILES string of the molecule is CCn1c(=O)c(C(=O)Nc2nnc(CC(C)C)s2)c(O)c2ccccc21. The van der Waals surface area contributed by atoms with Crippen LogP contribution in [0.25, 0.3) is 10.9 Å². The average Bonchev–Trinajstić information content (AvgIpc) is 3.01. The Morgan fingerprint density at radius 3 is 2.73 bits per heavy atom. The van der Waals surface area contributed by atoms with E-state index in [2.05, 4.69) is 29.4 Å². The normalized spacial score (nSPS) is 11.2. The van der Waals surface area contributed by atoms with Crippen molar-refractivity contribution in [2.75, 3.05) is 5.32 Å². The molecule has 0 saturated carbocycles. The fraction of sp³-hybridized carbons (Fsp3) is 0.333. The molecule has 2 N–H and O–H groups in total. The lowest BCUT2D eigenvalue weighted by atomic mass is 10.1. The number of carbonyl (C=O) groups excluding carboxylic acids is 1. The molecular formula is C18H20N4O3S. The van der Waals surface area contributed by atoms with Crippen LogP contribution in [0.1, 0.15) is 36.1 Å². The minimum Gasteiger partial charge on any atom is -0.506 e. The van der Waals surface area contributed by atoms with Crippen LogP contribution in [0.15, 0.2) is 29.1 Å². The minimum atomic E-state index is -0.687. The Balaban J connectivity index is 2.01. The maximum atomic E-state index is 12.7. The number of hydrogen-bond donors (Lipinski definition) is 2. The molecule has 0 unspecified atom stereocenters. The number of aromatic nitrogens is 3. The Hall–Kier alpha value is -2.74. The van der Waals surface area contributed by atoms with Crippen molar-refractivity contribution in [2.24, 2.45) is 5.92 Å². The highest BCUT2D eigenvalue weighted by Crippen LogP contribution is 2.27. The third-order valence-corrected chi connectivity index (χ3v) is 4.82. The summed E-state index contributed by atoms with van der Waals surface area (Å²) in [5.41, 5.74) is -0.233. The van der Waals surface area contributed by atoms with Crippen molar-refractivity contribution in [3.8, 4) is 5.75 Å². The van der Waals surface area contributed by atoms with E-state index in [0.29, 0.717) is 28.5 Å². The first-order valence-electron chi connectivity index (χ1n) is 8.40. The third-order valence-electron chi connectivity index (χ3n) is 3.96. The lowest BCUT2D eigenvalue weighted by Gasteiger charge is -2.12. The van der Waals surface area contributed by atoms with Gasteiger partial charge in [-0.05, 0) is 25.0 Å². The number of aromatic hydroxyl groups is 1. The molecule has 0 aliphatic heterocycles. The Morgan fingerprint density at radius 2 is 2.04 bits per heavy atom. The summed E-state index contributed by atoms with van der Waals surface area (Å²) in [6, 6.07) is 6.95. The Bertz CT molecular complexity index is 1020. The lowest BCUT2D eigenvalue weighted by Crippen LogP contribution is -2.29. The smallest absolute Gasteiger partial charge is 0.267 e. The van der Waals surface area contributed by atoms with Crippen LogP contribution in [0, 0.1) is 5.92 Å². The van der Waals surface area contributed by atoms with Gasteiger partial charge in [0.05, 0.1) is 5.52 Å². The fourth-order valence-corrected chi connectivity index (χ4v) is 3.75. The van der Waals surface area contributed by atoms with E-state index in [9.17, 15) is 14.7 Å². The van der Waals surface area contributed by atoms with Crippen molar-refractivity contribution in [3.05, 3.63) is 45.2 Å². The van der Waals surface area contributed by atoms with Gasteiger partial charge in [0.15, 0.2) is 0 Å². The first-order chi connectivity index (χ1) is 12.4. The number of amides is 1. The van der Waals surface area contributed by atoms with Gasteiger partial charge in [0.1, 0.15) is 16.3 Å². The average molecular weight is 372 g/mol. The molecule has 1 amide bonds. The Morgan fingerprint density at radius 1 is 1.31 bits per heavy atom. The van der Waals surface area contributed by atoms with Crippen LogP contribution in [0.3, 0.4) is 0 Å². The summed E-state index contributed by atoms with van der Waals surface area (Å²) in [4.78, 5) is 25.4. The zero-order chi connectivity index (χ0) is 18.8. The van der Waals surface area contributed by atoms with E-state index >= 15 is 0 Å². The number of rotatable bonds is 5. The van der Waals surface area contributed by atoms with Gasteiger partial charge in [0, 0.05) is 18.4 Å². The van der Waals surface area contributed by atoms with Gasteiger partial charge >= 0.3 is 0 Å². The summed E-state index contributed by atoms with van der Waals surface area (Å²) < 4.78 is 1.47.